The molecule has 1 aromatic rings. The van der Waals surface area contributed by atoms with Crippen LogP contribution in [0.15, 0.2) is 17.2 Å². The topological polar surface area (TPSA) is 80.2 Å². The largest absolute Gasteiger partial charge is 0.348 e. The number of hydrogen-bond acceptors (Lipinski definition) is 3. The van der Waals surface area contributed by atoms with E-state index in [1.807, 2.05) is 6.92 Å². The zero-order chi connectivity index (χ0) is 16.9. The van der Waals surface area contributed by atoms with E-state index in [2.05, 4.69) is 23.9 Å². The molecule has 126 valence electrons. The van der Waals surface area contributed by atoms with Gasteiger partial charge in [-0.15, -0.1) is 0 Å². The third kappa shape index (κ3) is 5.14. The van der Waals surface area contributed by atoms with Gasteiger partial charge in [0.15, 0.2) is 0 Å². The van der Waals surface area contributed by atoms with Gasteiger partial charge in [0.05, 0.1) is 0 Å². The van der Waals surface area contributed by atoms with Crippen LogP contribution < -0.4 is 10.0 Å². The predicted molar refractivity (Wildman–Crippen MR) is 87.3 cm³/mol. The number of nitrogens with one attached hydrogen (secondary N) is 2. The molecule has 0 aliphatic heterocycles. The Morgan fingerprint density at radius 1 is 1.27 bits per heavy atom. The molecule has 1 atom stereocenters. The maximum Gasteiger partial charge on any atom is 0.268 e. The highest BCUT2D eigenvalue weighted by Gasteiger charge is 2.20. The first-order chi connectivity index (χ1) is 10.2. The van der Waals surface area contributed by atoms with Gasteiger partial charge in [-0.25, -0.2) is 13.1 Å². The number of nitrogens with zero attached hydrogens (tertiary/aromatic N) is 1. The second-order valence-corrected chi connectivity index (χ2v) is 7.97. The fraction of sp³-hybridized carbons (Fsp3) is 0.667. The molecule has 1 aromatic heterocycles. The normalized spacial score (nSPS) is 13.4. The summed E-state index contributed by atoms with van der Waals surface area (Å²) in [6.45, 7) is 6.32. The summed E-state index contributed by atoms with van der Waals surface area (Å²) in [7, 11) is -0.531. The lowest BCUT2D eigenvalue weighted by Gasteiger charge is -2.14. The second-order valence-electron chi connectivity index (χ2n) is 6.08. The van der Waals surface area contributed by atoms with Crippen molar-refractivity contribution in [2.24, 2.45) is 13.0 Å². The molecule has 0 aliphatic rings. The van der Waals surface area contributed by atoms with Crippen molar-refractivity contribution in [2.75, 3.05) is 7.05 Å². The van der Waals surface area contributed by atoms with E-state index in [4.69, 9.17) is 0 Å². The van der Waals surface area contributed by atoms with Crippen molar-refractivity contribution in [2.45, 2.75) is 51.0 Å². The molecule has 7 heteroatoms. The predicted octanol–water partition coefficient (Wildman–Crippen LogP) is 1.88. The van der Waals surface area contributed by atoms with Gasteiger partial charge >= 0.3 is 0 Å². The number of hydrogen-bond donors (Lipinski definition) is 2. The van der Waals surface area contributed by atoms with Crippen molar-refractivity contribution in [1.82, 2.24) is 14.6 Å². The van der Waals surface area contributed by atoms with Crippen molar-refractivity contribution in [3.05, 3.63) is 18.0 Å². The molecule has 1 amide bonds. The van der Waals surface area contributed by atoms with E-state index in [1.54, 1.807) is 7.05 Å². The molecular formula is C15H27N3O3S. The SMILES string of the molecule is CNS(=O)(=O)c1cc(C(=O)N[C@H](C)CCCC(C)C)n(C)c1. The summed E-state index contributed by atoms with van der Waals surface area (Å²) >= 11 is 0. The van der Waals surface area contributed by atoms with Crippen molar-refractivity contribution < 1.29 is 13.2 Å². The van der Waals surface area contributed by atoms with Crippen LogP contribution in [0, 0.1) is 5.92 Å². The first kappa shape index (κ1) is 18.7. The van der Waals surface area contributed by atoms with Gasteiger partial charge in [-0.2, -0.15) is 0 Å². The smallest absolute Gasteiger partial charge is 0.268 e. The van der Waals surface area contributed by atoms with E-state index in [0.29, 0.717) is 11.6 Å². The highest BCUT2D eigenvalue weighted by molar-refractivity contribution is 7.89. The molecule has 0 bridgehead atoms. The summed E-state index contributed by atoms with van der Waals surface area (Å²) in [5.74, 6) is 0.405. The highest BCUT2D eigenvalue weighted by atomic mass is 32.2. The van der Waals surface area contributed by atoms with Crippen LogP contribution in [0.3, 0.4) is 0 Å². The van der Waals surface area contributed by atoms with Gasteiger partial charge in [0.1, 0.15) is 10.6 Å². The number of aryl methyl sites for hydroxylation is 1. The number of sulfonamides is 1. The van der Waals surface area contributed by atoms with Crippen molar-refractivity contribution in [3.8, 4) is 0 Å². The van der Waals surface area contributed by atoms with Crippen molar-refractivity contribution in [3.63, 3.8) is 0 Å². The Hall–Kier alpha value is -1.34. The average Bonchev–Trinajstić information content (AvgIpc) is 2.81. The minimum absolute atomic E-state index is 0.0607. The van der Waals surface area contributed by atoms with Gasteiger partial charge < -0.3 is 9.88 Å². The Morgan fingerprint density at radius 2 is 1.91 bits per heavy atom. The van der Waals surface area contributed by atoms with Crippen LogP contribution in [-0.4, -0.2) is 32.0 Å². The molecule has 22 heavy (non-hydrogen) atoms. The molecule has 0 aromatic carbocycles. The Labute approximate surface area is 133 Å². The average molecular weight is 329 g/mol. The van der Waals surface area contributed by atoms with Crippen molar-refractivity contribution in [1.29, 1.82) is 0 Å². The quantitative estimate of drug-likeness (QED) is 0.764. The molecule has 0 saturated heterocycles. The van der Waals surface area contributed by atoms with E-state index in [-0.39, 0.29) is 16.8 Å². The van der Waals surface area contributed by atoms with E-state index in [0.717, 1.165) is 19.3 Å². The molecule has 0 spiro atoms. The van der Waals surface area contributed by atoms with Crippen LogP contribution in [0.4, 0.5) is 0 Å². The van der Waals surface area contributed by atoms with Gasteiger partial charge in [-0.05, 0) is 32.4 Å². The molecule has 1 rings (SSSR count). The third-order valence-electron chi connectivity index (χ3n) is 3.59. The highest BCUT2D eigenvalue weighted by Crippen LogP contribution is 2.14. The van der Waals surface area contributed by atoms with Crippen LogP contribution in [0.25, 0.3) is 0 Å². The Balaban J connectivity index is 2.70. The first-order valence-corrected chi connectivity index (χ1v) is 9.06. The molecule has 2 N–H and O–H groups in total. The second kappa shape index (κ2) is 7.78. The van der Waals surface area contributed by atoms with E-state index in [9.17, 15) is 13.2 Å². The van der Waals surface area contributed by atoms with Gasteiger partial charge in [-0.1, -0.05) is 26.7 Å². The summed E-state index contributed by atoms with van der Waals surface area (Å²) in [5, 5.41) is 2.92. The summed E-state index contributed by atoms with van der Waals surface area (Å²) in [4.78, 5) is 12.3. The number of aromatic nitrogens is 1. The molecule has 0 radical (unpaired) electrons. The van der Waals surface area contributed by atoms with Crippen LogP contribution in [-0.2, 0) is 17.1 Å². The zero-order valence-corrected chi connectivity index (χ0v) is 14.8. The van der Waals surface area contributed by atoms with Gasteiger partial charge in [0, 0.05) is 19.3 Å². The van der Waals surface area contributed by atoms with Gasteiger partial charge in [-0.3, -0.25) is 4.79 Å². The van der Waals surface area contributed by atoms with Crippen LogP contribution in [0.2, 0.25) is 0 Å². The molecule has 0 unspecified atom stereocenters. The molecular weight excluding hydrogens is 302 g/mol. The molecule has 0 fully saturated rings. The van der Waals surface area contributed by atoms with Crippen molar-refractivity contribution >= 4 is 15.9 Å². The van der Waals surface area contributed by atoms with E-state index >= 15 is 0 Å². The Bertz CT molecular complexity index is 606. The van der Waals surface area contributed by atoms with Crippen LogP contribution in [0.5, 0.6) is 0 Å². The summed E-state index contributed by atoms with van der Waals surface area (Å²) in [5.41, 5.74) is 0.338. The van der Waals surface area contributed by atoms with Crippen LogP contribution >= 0.6 is 0 Å². The van der Waals surface area contributed by atoms with E-state index < -0.39 is 10.0 Å². The molecule has 0 aliphatic carbocycles. The lowest BCUT2D eigenvalue weighted by Crippen LogP contribution is -2.33. The molecule has 1 heterocycles. The lowest BCUT2D eigenvalue weighted by atomic mass is 10.0. The fourth-order valence-electron chi connectivity index (χ4n) is 2.23. The summed E-state index contributed by atoms with van der Waals surface area (Å²) in [6.07, 6.45) is 4.54. The van der Waals surface area contributed by atoms with Gasteiger partial charge in [0.2, 0.25) is 10.0 Å². The first-order valence-electron chi connectivity index (χ1n) is 7.58. The number of carbonyl (C=O) groups excluding carboxylic acids is 1. The number of rotatable bonds is 8. The standard InChI is InChI=1S/C15H27N3O3S/c1-11(2)7-6-8-12(3)17-15(19)14-9-13(10-18(14)5)22(20,21)16-4/h9-12,16H,6-8H2,1-5H3,(H,17,19)/t12-/m1/s1. The monoisotopic (exact) mass is 329 g/mol. The van der Waals surface area contributed by atoms with E-state index in [1.165, 1.54) is 23.9 Å². The maximum absolute atomic E-state index is 12.3. The maximum atomic E-state index is 12.3. The lowest BCUT2D eigenvalue weighted by molar-refractivity contribution is 0.0929. The Kier molecular flexibility index (Phi) is 6.62. The summed E-state index contributed by atoms with van der Waals surface area (Å²) in [6, 6.07) is 1.45. The number of amides is 1. The van der Waals surface area contributed by atoms with Gasteiger partial charge in [0.25, 0.3) is 5.91 Å². The van der Waals surface area contributed by atoms with Crippen LogP contribution in [0.1, 0.15) is 50.5 Å². The molecule has 0 saturated carbocycles. The minimum atomic E-state index is -3.54. The summed E-state index contributed by atoms with van der Waals surface area (Å²) < 4.78 is 27.3. The zero-order valence-electron chi connectivity index (χ0n) is 14.0. The minimum Gasteiger partial charge on any atom is -0.348 e. The Morgan fingerprint density at radius 3 is 2.45 bits per heavy atom. The third-order valence-corrected chi connectivity index (χ3v) is 4.97. The fourth-order valence-corrected chi connectivity index (χ4v) is 3.03. The molecule has 6 nitrogen and oxygen atoms in total. The number of carbonyl (C=O) groups is 1.